The lowest BCUT2D eigenvalue weighted by atomic mass is 10.1. The van der Waals surface area contributed by atoms with Gasteiger partial charge in [-0.25, -0.2) is 8.78 Å². The van der Waals surface area contributed by atoms with Gasteiger partial charge in [-0.15, -0.1) is 0 Å². The maximum Gasteiger partial charge on any atom is 0.152 e. The van der Waals surface area contributed by atoms with Gasteiger partial charge in [0, 0.05) is 36.0 Å². The van der Waals surface area contributed by atoms with Crippen LogP contribution < -0.4 is 5.32 Å². The van der Waals surface area contributed by atoms with E-state index in [0.29, 0.717) is 17.5 Å². The Morgan fingerprint density at radius 1 is 1.37 bits per heavy atom. The Balaban J connectivity index is 2.43. The Labute approximate surface area is 110 Å². The number of fused-ring (bicyclic) bond motifs is 1. The average molecular weight is 266 g/mol. The predicted molar refractivity (Wildman–Crippen MR) is 71.1 cm³/mol. The Kier molecular flexibility index (Phi) is 4.27. The van der Waals surface area contributed by atoms with E-state index < -0.39 is 11.6 Å². The van der Waals surface area contributed by atoms with Crippen LogP contribution in [0.15, 0.2) is 24.4 Å². The quantitative estimate of drug-likeness (QED) is 0.874. The fraction of sp³-hybridized carbons (Fsp3) is 0.357. The number of nitrogens with one attached hydrogen (secondary N) is 1. The van der Waals surface area contributed by atoms with Gasteiger partial charge in [0.25, 0.3) is 0 Å². The zero-order chi connectivity index (χ0) is 13.8. The highest BCUT2D eigenvalue weighted by atomic mass is 19.1. The van der Waals surface area contributed by atoms with E-state index in [1.54, 1.807) is 6.07 Å². The number of aliphatic hydroxyl groups is 1. The summed E-state index contributed by atoms with van der Waals surface area (Å²) in [6, 6.07) is 3.83. The zero-order valence-corrected chi connectivity index (χ0v) is 10.7. The number of rotatable bonds is 5. The molecule has 3 nitrogen and oxygen atoms in total. The lowest BCUT2D eigenvalue weighted by Crippen LogP contribution is -2.20. The van der Waals surface area contributed by atoms with Gasteiger partial charge in [0.05, 0.1) is 0 Å². The van der Waals surface area contributed by atoms with Gasteiger partial charge in [0.2, 0.25) is 0 Å². The molecular weight excluding hydrogens is 250 g/mol. The van der Waals surface area contributed by atoms with Gasteiger partial charge in [0.1, 0.15) is 11.3 Å². The molecule has 0 aliphatic rings. The third-order valence-electron chi connectivity index (χ3n) is 3.09. The Bertz CT molecular complexity index is 575. The Morgan fingerprint density at radius 2 is 2.16 bits per heavy atom. The standard InChI is InChI=1S/C14H16F2N2O/c1-2-10(4-6-19)18-13-3-5-17-14-11(13)7-9(15)8-12(14)16/h3,5,7-8,10,19H,2,4,6H2,1H3,(H,17,18). The van der Waals surface area contributed by atoms with E-state index in [0.717, 1.165) is 12.5 Å². The first-order chi connectivity index (χ1) is 9.15. The molecule has 5 heteroatoms. The fourth-order valence-corrected chi connectivity index (χ4v) is 2.06. The van der Waals surface area contributed by atoms with Gasteiger partial charge >= 0.3 is 0 Å². The molecule has 0 saturated carbocycles. The summed E-state index contributed by atoms with van der Waals surface area (Å²) >= 11 is 0. The minimum absolute atomic E-state index is 0.0573. The van der Waals surface area contributed by atoms with Crippen molar-refractivity contribution in [2.75, 3.05) is 11.9 Å². The summed E-state index contributed by atoms with van der Waals surface area (Å²) in [5, 5.41) is 12.6. The number of hydrogen-bond acceptors (Lipinski definition) is 3. The second kappa shape index (κ2) is 5.93. The highest BCUT2D eigenvalue weighted by Gasteiger charge is 2.11. The average Bonchev–Trinajstić information content (AvgIpc) is 2.39. The number of hydrogen-bond donors (Lipinski definition) is 2. The molecular formula is C14H16F2N2O. The molecule has 1 unspecified atom stereocenters. The van der Waals surface area contributed by atoms with Crippen LogP contribution in [0.4, 0.5) is 14.5 Å². The first kappa shape index (κ1) is 13.7. The van der Waals surface area contributed by atoms with Gasteiger partial charge in [-0.1, -0.05) is 6.92 Å². The summed E-state index contributed by atoms with van der Waals surface area (Å²) in [5.74, 6) is -1.30. The molecule has 0 spiro atoms. The summed E-state index contributed by atoms with van der Waals surface area (Å²) < 4.78 is 26.9. The lowest BCUT2D eigenvalue weighted by molar-refractivity contribution is 0.278. The third-order valence-corrected chi connectivity index (χ3v) is 3.09. The molecule has 1 atom stereocenters. The fourth-order valence-electron chi connectivity index (χ4n) is 2.06. The molecule has 2 rings (SSSR count). The van der Waals surface area contributed by atoms with E-state index in [1.165, 1.54) is 12.3 Å². The summed E-state index contributed by atoms with van der Waals surface area (Å²) in [6.45, 7) is 2.05. The highest BCUT2D eigenvalue weighted by molar-refractivity contribution is 5.91. The van der Waals surface area contributed by atoms with Gasteiger partial charge < -0.3 is 10.4 Å². The van der Waals surface area contributed by atoms with Crippen molar-refractivity contribution in [1.82, 2.24) is 4.98 Å². The van der Waals surface area contributed by atoms with E-state index in [-0.39, 0.29) is 18.2 Å². The van der Waals surface area contributed by atoms with Crippen LogP contribution in [0.1, 0.15) is 19.8 Å². The van der Waals surface area contributed by atoms with Gasteiger partial charge in [-0.3, -0.25) is 4.98 Å². The number of aromatic nitrogens is 1. The Morgan fingerprint density at radius 3 is 2.84 bits per heavy atom. The number of anilines is 1. The van der Waals surface area contributed by atoms with Gasteiger partial charge in [0.15, 0.2) is 5.82 Å². The second-order valence-corrected chi connectivity index (χ2v) is 4.40. The van der Waals surface area contributed by atoms with E-state index in [1.807, 2.05) is 6.92 Å². The van der Waals surface area contributed by atoms with Crippen LogP contribution in [0.5, 0.6) is 0 Å². The van der Waals surface area contributed by atoms with Crippen LogP contribution in [-0.2, 0) is 0 Å². The smallest absolute Gasteiger partial charge is 0.152 e. The van der Waals surface area contributed by atoms with Crippen LogP contribution in [0, 0.1) is 11.6 Å². The summed E-state index contributed by atoms with van der Waals surface area (Å²) in [4.78, 5) is 3.93. The normalized spacial score (nSPS) is 12.6. The molecule has 0 saturated heterocycles. The first-order valence-corrected chi connectivity index (χ1v) is 6.26. The van der Waals surface area contributed by atoms with Crippen LogP contribution in [0.25, 0.3) is 10.9 Å². The largest absolute Gasteiger partial charge is 0.396 e. The molecule has 0 bridgehead atoms. The number of halogens is 2. The van der Waals surface area contributed by atoms with Gasteiger partial charge in [-0.2, -0.15) is 0 Å². The van der Waals surface area contributed by atoms with Crippen LogP contribution in [-0.4, -0.2) is 22.7 Å². The molecule has 2 N–H and O–H groups in total. The number of pyridine rings is 1. The maximum absolute atomic E-state index is 13.6. The lowest BCUT2D eigenvalue weighted by Gasteiger charge is -2.18. The minimum atomic E-state index is -0.672. The van der Waals surface area contributed by atoms with Crippen molar-refractivity contribution >= 4 is 16.6 Å². The van der Waals surface area contributed by atoms with Crippen LogP contribution in [0.3, 0.4) is 0 Å². The third kappa shape index (κ3) is 2.98. The maximum atomic E-state index is 13.6. The highest BCUT2D eigenvalue weighted by Crippen LogP contribution is 2.26. The minimum Gasteiger partial charge on any atom is -0.396 e. The molecule has 19 heavy (non-hydrogen) atoms. The molecule has 1 aromatic carbocycles. The van der Waals surface area contributed by atoms with Crippen molar-refractivity contribution in [2.45, 2.75) is 25.8 Å². The number of benzene rings is 1. The van der Waals surface area contributed by atoms with E-state index in [2.05, 4.69) is 10.3 Å². The molecule has 1 heterocycles. The van der Waals surface area contributed by atoms with Crippen molar-refractivity contribution < 1.29 is 13.9 Å². The van der Waals surface area contributed by atoms with E-state index >= 15 is 0 Å². The topological polar surface area (TPSA) is 45.1 Å². The molecule has 0 fully saturated rings. The monoisotopic (exact) mass is 266 g/mol. The first-order valence-electron chi connectivity index (χ1n) is 6.26. The van der Waals surface area contributed by atoms with Crippen molar-refractivity contribution in [3.8, 4) is 0 Å². The van der Waals surface area contributed by atoms with Crippen molar-refractivity contribution in [3.05, 3.63) is 36.0 Å². The van der Waals surface area contributed by atoms with Crippen molar-refractivity contribution in [3.63, 3.8) is 0 Å². The summed E-state index contributed by atoms with van der Waals surface area (Å²) in [5.41, 5.74) is 0.772. The molecule has 102 valence electrons. The van der Waals surface area contributed by atoms with Crippen molar-refractivity contribution in [1.29, 1.82) is 0 Å². The molecule has 0 radical (unpaired) electrons. The Hall–Kier alpha value is -1.75. The van der Waals surface area contributed by atoms with Crippen LogP contribution >= 0.6 is 0 Å². The van der Waals surface area contributed by atoms with Crippen molar-refractivity contribution in [2.24, 2.45) is 0 Å². The molecule has 1 aromatic heterocycles. The zero-order valence-electron chi connectivity index (χ0n) is 10.7. The molecule has 0 aliphatic heterocycles. The molecule has 2 aromatic rings. The molecule has 0 aliphatic carbocycles. The summed E-state index contributed by atoms with van der Waals surface area (Å²) in [6.07, 6.45) is 2.87. The number of nitrogens with zero attached hydrogens (tertiary/aromatic N) is 1. The molecule has 0 amide bonds. The second-order valence-electron chi connectivity index (χ2n) is 4.40. The summed E-state index contributed by atoms with van der Waals surface area (Å²) in [7, 11) is 0. The SMILES string of the molecule is CCC(CCO)Nc1ccnc2c(F)cc(F)cc12. The van der Waals surface area contributed by atoms with E-state index in [9.17, 15) is 8.78 Å². The predicted octanol–water partition coefficient (Wildman–Crippen LogP) is 3.09. The van der Waals surface area contributed by atoms with Crippen LogP contribution in [0.2, 0.25) is 0 Å². The van der Waals surface area contributed by atoms with Gasteiger partial charge in [-0.05, 0) is 25.0 Å². The van der Waals surface area contributed by atoms with E-state index in [4.69, 9.17) is 5.11 Å². The number of aliphatic hydroxyl groups excluding tert-OH is 1.